The molecule has 1 aliphatic rings. The smallest absolute Gasteiger partial charge is 0.328 e. The minimum absolute atomic E-state index is 0.0468. The average Bonchev–Trinajstić information content (AvgIpc) is 3.53. The third-order valence-corrected chi connectivity index (χ3v) is 6.82. The quantitative estimate of drug-likeness (QED) is 0.311. The van der Waals surface area contributed by atoms with Crippen molar-refractivity contribution in [3.05, 3.63) is 73.7 Å². The van der Waals surface area contributed by atoms with E-state index in [-0.39, 0.29) is 52.6 Å². The highest BCUT2D eigenvalue weighted by Crippen LogP contribution is 2.30. The number of aromatic hydroxyl groups is 1. The van der Waals surface area contributed by atoms with E-state index in [4.69, 9.17) is 9.47 Å². The molecule has 0 saturated carbocycles. The largest absolute Gasteiger partial charge is 0.494 e. The maximum Gasteiger partial charge on any atom is 0.328 e. The number of ether oxygens (including phenoxy) is 2. The second kappa shape index (κ2) is 11.5. The van der Waals surface area contributed by atoms with Gasteiger partial charge in [-0.25, -0.2) is 9.18 Å². The number of amides is 1. The molecule has 2 aromatic carbocycles. The summed E-state index contributed by atoms with van der Waals surface area (Å²) in [6, 6.07) is 7.69. The van der Waals surface area contributed by atoms with E-state index in [2.05, 4.69) is 15.6 Å². The van der Waals surface area contributed by atoms with Crippen LogP contribution in [0.4, 0.5) is 8.78 Å². The Morgan fingerprint density at radius 1 is 1.19 bits per heavy atom. The number of rotatable bonds is 9. The molecule has 0 radical (unpaired) electrons. The van der Waals surface area contributed by atoms with Crippen LogP contribution >= 0.6 is 11.3 Å². The number of hydrogen-bond donors (Lipinski definition) is 4. The highest BCUT2D eigenvalue weighted by atomic mass is 32.1. The average molecular weight is 534 g/mol. The number of thiazole rings is 1. The lowest BCUT2D eigenvalue weighted by molar-refractivity contribution is -0.145. The molecule has 2 unspecified atom stereocenters. The summed E-state index contributed by atoms with van der Waals surface area (Å²) in [6.45, 7) is 0.745. The monoisotopic (exact) mass is 533 g/mol. The van der Waals surface area contributed by atoms with Crippen LogP contribution in [0.15, 0.2) is 41.2 Å². The van der Waals surface area contributed by atoms with Gasteiger partial charge in [-0.3, -0.25) is 14.6 Å². The molecule has 196 valence electrons. The normalized spacial score (nSPS) is 15.8. The van der Waals surface area contributed by atoms with Crippen molar-refractivity contribution >= 4 is 23.2 Å². The molecular formula is C25H25F2N3O6S. The molecule has 4 N–H and O–H groups in total. The van der Waals surface area contributed by atoms with Crippen LogP contribution in [0.3, 0.4) is 0 Å². The van der Waals surface area contributed by atoms with E-state index in [0.29, 0.717) is 23.3 Å². The van der Waals surface area contributed by atoms with Crippen molar-refractivity contribution in [3.8, 4) is 17.4 Å². The van der Waals surface area contributed by atoms with Crippen molar-refractivity contribution in [2.24, 2.45) is 0 Å². The number of benzene rings is 2. The Morgan fingerprint density at radius 3 is 2.57 bits per heavy atom. The zero-order valence-electron chi connectivity index (χ0n) is 19.8. The van der Waals surface area contributed by atoms with E-state index in [9.17, 15) is 28.3 Å². The van der Waals surface area contributed by atoms with Gasteiger partial charge in [0, 0.05) is 12.8 Å². The molecule has 9 nitrogen and oxygen atoms in total. The van der Waals surface area contributed by atoms with E-state index in [1.54, 1.807) is 12.1 Å². The molecule has 12 heteroatoms. The number of halogens is 2. The van der Waals surface area contributed by atoms with Gasteiger partial charge < -0.3 is 25.2 Å². The number of H-pyrrole nitrogens is 1. The maximum absolute atomic E-state index is 14.7. The van der Waals surface area contributed by atoms with E-state index in [0.717, 1.165) is 13.0 Å². The SMILES string of the molecule is COC(=O)C(Cc1ccc(Oc2ccc(Cc3sc(=O)[nH]c3O)c(F)c2F)cc1)NC(=O)C1CCCN1. The van der Waals surface area contributed by atoms with Crippen LogP contribution in [-0.4, -0.2) is 47.7 Å². The first-order valence-electron chi connectivity index (χ1n) is 11.5. The lowest BCUT2D eigenvalue weighted by atomic mass is 10.0. The zero-order chi connectivity index (χ0) is 26.5. The van der Waals surface area contributed by atoms with Crippen LogP contribution in [0.5, 0.6) is 17.4 Å². The maximum atomic E-state index is 14.7. The predicted octanol–water partition coefficient (Wildman–Crippen LogP) is 2.76. The first-order chi connectivity index (χ1) is 17.7. The molecule has 0 aliphatic carbocycles. The van der Waals surface area contributed by atoms with E-state index < -0.39 is 28.5 Å². The highest BCUT2D eigenvalue weighted by molar-refractivity contribution is 7.09. The van der Waals surface area contributed by atoms with Crippen LogP contribution in [0.25, 0.3) is 0 Å². The van der Waals surface area contributed by atoms with Crippen LogP contribution < -0.4 is 20.2 Å². The minimum Gasteiger partial charge on any atom is -0.494 e. The zero-order valence-corrected chi connectivity index (χ0v) is 20.6. The number of carbonyl (C=O) groups excluding carboxylic acids is 2. The summed E-state index contributed by atoms with van der Waals surface area (Å²) in [5.74, 6) is -3.70. The molecular weight excluding hydrogens is 508 g/mol. The Labute approximate surface area is 214 Å². The molecule has 3 aromatic rings. The van der Waals surface area contributed by atoms with Gasteiger partial charge in [0.05, 0.1) is 18.0 Å². The fraction of sp³-hybridized carbons (Fsp3) is 0.320. The third kappa shape index (κ3) is 6.33. The van der Waals surface area contributed by atoms with Crippen molar-refractivity contribution in [2.45, 2.75) is 37.8 Å². The molecule has 1 amide bonds. The van der Waals surface area contributed by atoms with E-state index in [1.165, 1.54) is 31.4 Å². The standard InChI is InChI=1S/C25H25F2N3O6S/c1-35-24(33)17(29-22(31)16-3-2-10-28-16)11-13-4-7-15(8-5-13)36-18-9-6-14(20(26)21(18)27)12-19-23(32)30-25(34)37-19/h4-9,16-17,28,32H,2-3,10-12H2,1H3,(H,29,31)(H,30,34). The van der Waals surface area contributed by atoms with Crippen LogP contribution in [0, 0.1) is 11.6 Å². The van der Waals surface area contributed by atoms with Gasteiger partial charge in [-0.1, -0.05) is 29.5 Å². The van der Waals surface area contributed by atoms with Crippen molar-refractivity contribution < 1.29 is 33.0 Å². The van der Waals surface area contributed by atoms with Crippen molar-refractivity contribution in [1.82, 2.24) is 15.6 Å². The van der Waals surface area contributed by atoms with E-state index in [1.807, 2.05) is 0 Å². The molecule has 2 heterocycles. The van der Waals surface area contributed by atoms with Gasteiger partial charge in [0.1, 0.15) is 11.8 Å². The Bertz CT molecular complexity index is 1340. The Balaban J connectivity index is 1.42. The first-order valence-corrected chi connectivity index (χ1v) is 12.3. The van der Waals surface area contributed by atoms with Crippen molar-refractivity contribution in [3.63, 3.8) is 0 Å². The van der Waals surface area contributed by atoms with Gasteiger partial charge >= 0.3 is 10.8 Å². The molecule has 1 fully saturated rings. The van der Waals surface area contributed by atoms with Crippen LogP contribution in [0.2, 0.25) is 0 Å². The number of aromatic nitrogens is 1. The molecule has 4 rings (SSSR count). The third-order valence-electron chi connectivity index (χ3n) is 5.95. The Morgan fingerprint density at radius 2 is 1.95 bits per heavy atom. The summed E-state index contributed by atoms with van der Waals surface area (Å²) in [6.07, 6.45) is 1.58. The van der Waals surface area contributed by atoms with Crippen molar-refractivity contribution in [2.75, 3.05) is 13.7 Å². The van der Waals surface area contributed by atoms with Crippen molar-refractivity contribution in [1.29, 1.82) is 0 Å². The summed E-state index contributed by atoms with van der Waals surface area (Å²) in [7, 11) is 1.24. The minimum atomic E-state index is -1.21. The second-order valence-electron chi connectivity index (χ2n) is 8.50. The summed E-state index contributed by atoms with van der Waals surface area (Å²) in [4.78, 5) is 37.8. The summed E-state index contributed by atoms with van der Waals surface area (Å²) in [5.41, 5.74) is 0.643. The van der Waals surface area contributed by atoms with Gasteiger partial charge in [-0.05, 0) is 48.7 Å². The first kappa shape index (κ1) is 26.3. The molecule has 0 bridgehead atoms. The van der Waals surface area contributed by atoms with Gasteiger partial charge in [0.15, 0.2) is 11.6 Å². The second-order valence-corrected chi connectivity index (χ2v) is 9.56. The highest BCUT2D eigenvalue weighted by Gasteiger charge is 2.28. The number of methoxy groups -OCH3 is 1. The molecule has 0 spiro atoms. The Kier molecular flexibility index (Phi) is 8.19. The summed E-state index contributed by atoms with van der Waals surface area (Å²) >= 11 is 0.712. The summed E-state index contributed by atoms with van der Waals surface area (Å²) in [5, 5.41) is 15.5. The van der Waals surface area contributed by atoms with Gasteiger partial charge in [-0.2, -0.15) is 4.39 Å². The molecule has 1 aromatic heterocycles. The molecule has 2 atom stereocenters. The number of aromatic amines is 1. The van der Waals surface area contributed by atoms with Crippen LogP contribution in [0.1, 0.15) is 28.8 Å². The topological polar surface area (TPSA) is 130 Å². The molecule has 1 aliphatic heterocycles. The number of hydrogen-bond acceptors (Lipinski definition) is 8. The fourth-order valence-electron chi connectivity index (χ4n) is 4.00. The molecule has 1 saturated heterocycles. The predicted molar refractivity (Wildman–Crippen MR) is 131 cm³/mol. The van der Waals surface area contributed by atoms with E-state index >= 15 is 0 Å². The van der Waals surface area contributed by atoms with Gasteiger partial charge in [-0.15, -0.1) is 0 Å². The lowest BCUT2D eigenvalue weighted by Gasteiger charge is -2.19. The molecule has 37 heavy (non-hydrogen) atoms. The number of esters is 1. The Hall–Kier alpha value is -3.77. The van der Waals surface area contributed by atoms with Gasteiger partial charge in [0.2, 0.25) is 17.6 Å². The number of carbonyl (C=O) groups is 2. The fourth-order valence-corrected chi connectivity index (χ4v) is 4.75. The number of nitrogens with one attached hydrogen (secondary N) is 3. The van der Waals surface area contributed by atoms with Gasteiger partial charge in [0.25, 0.3) is 0 Å². The van der Waals surface area contributed by atoms with Crippen LogP contribution in [-0.2, 0) is 27.2 Å². The summed E-state index contributed by atoms with van der Waals surface area (Å²) < 4.78 is 39.6. The lowest BCUT2D eigenvalue weighted by Crippen LogP contribution is -2.49.